The van der Waals surface area contributed by atoms with E-state index >= 15 is 0 Å². The molecule has 0 aliphatic heterocycles. The number of benzene rings is 1. The molecule has 71 valence electrons. The zero-order valence-corrected chi connectivity index (χ0v) is 11.3. The van der Waals surface area contributed by atoms with Gasteiger partial charge in [0.1, 0.15) is 10.1 Å². The van der Waals surface area contributed by atoms with Crippen LogP contribution in [0.25, 0.3) is 0 Å². The van der Waals surface area contributed by atoms with E-state index < -0.39 is 14.9 Å². The summed E-state index contributed by atoms with van der Waals surface area (Å²) < 4.78 is 31.3. The van der Waals surface area contributed by atoms with Crippen molar-refractivity contribution in [3.8, 4) is 0 Å². The van der Waals surface area contributed by atoms with Crippen LogP contribution in [-0.2, 0) is 14.9 Å². The van der Waals surface area contributed by atoms with Crippen molar-refractivity contribution in [1.29, 1.82) is 0 Å². The summed E-state index contributed by atoms with van der Waals surface area (Å²) in [6.07, 6.45) is 0. The average Bonchev–Trinajstić information content (AvgIpc) is 2.04. The van der Waals surface area contributed by atoms with Crippen molar-refractivity contribution in [3.63, 3.8) is 0 Å². The summed E-state index contributed by atoms with van der Waals surface area (Å²) in [7, 11) is -4.32. The summed E-state index contributed by atoms with van der Waals surface area (Å²) in [6.45, 7) is 2.79. The molecule has 1 aromatic carbocycles. The Morgan fingerprint density at radius 1 is 1.29 bits per heavy atom. The Balaban J connectivity index is 0.00000169. The summed E-state index contributed by atoms with van der Waals surface area (Å²) >= 11 is 0. The van der Waals surface area contributed by atoms with Gasteiger partial charge in [0.05, 0.1) is 4.75 Å². The Bertz CT molecular complexity index is 384. The van der Waals surface area contributed by atoms with E-state index in [2.05, 4.69) is 6.07 Å². The number of hydrogen-bond acceptors (Lipinski definition) is 3. The van der Waals surface area contributed by atoms with E-state index in [1.165, 1.54) is 13.8 Å². The standard InChI is InChI=1S/C9H11O3S.Na/c1-9(2,13(10,11)12)8-6-4-3-5-7-8;/h4-7H,1-2H3,(H,10,11,12);/q;+1/p-1. The van der Waals surface area contributed by atoms with Gasteiger partial charge in [-0.3, -0.25) is 0 Å². The maximum atomic E-state index is 10.9. The van der Waals surface area contributed by atoms with Crippen LogP contribution in [0.1, 0.15) is 19.4 Å². The van der Waals surface area contributed by atoms with Crippen molar-refractivity contribution in [2.75, 3.05) is 0 Å². The molecule has 5 heteroatoms. The van der Waals surface area contributed by atoms with Crippen molar-refractivity contribution < 1.29 is 42.5 Å². The van der Waals surface area contributed by atoms with Crippen molar-refractivity contribution in [2.45, 2.75) is 18.6 Å². The van der Waals surface area contributed by atoms with Crippen molar-refractivity contribution in [3.05, 3.63) is 35.9 Å². The van der Waals surface area contributed by atoms with Gasteiger partial charge in [0, 0.05) is 0 Å². The van der Waals surface area contributed by atoms with E-state index in [1.807, 2.05) is 0 Å². The maximum Gasteiger partial charge on any atom is 1.00 e. The van der Waals surface area contributed by atoms with E-state index in [0.29, 0.717) is 5.56 Å². The third-order valence-electron chi connectivity index (χ3n) is 2.04. The molecule has 0 heterocycles. The second-order valence-corrected chi connectivity index (χ2v) is 5.18. The van der Waals surface area contributed by atoms with E-state index in [1.54, 1.807) is 24.3 Å². The molecule has 1 rings (SSSR count). The third kappa shape index (κ3) is 2.81. The first kappa shape index (κ1) is 14.1. The van der Waals surface area contributed by atoms with Crippen LogP contribution in [0.4, 0.5) is 0 Å². The minimum atomic E-state index is -4.32. The van der Waals surface area contributed by atoms with Gasteiger partial charge in [-0.05, 0) is 25.5 Å². The van der Waals surface area contributed by atoms with E-state index in [9.17, 15) is 13.0 Å². The molecule has 0 spiro atoms. The summed E-state index contributed by atoms with van der Waals surface area (Å²) in [6, 6.07) is 9.09. The van der Waals surface area contributed by atoms with Crippen LogP contribution in [0.15, 0.2) is 24.3 Å². The molecule has 1 aromatic rings. The Morgan fingerprint density at radius 2 is 1.71 bits per heavy atom. The minimum Gasteiger partial charge on any atom is -0.747 e. The summed E-state index contributed by atoms with van der Waals surface area (Å²) in [4.78, 5) is 0. The van der Waals surface area contributed by atoms with Gasteiger partial charge < -0.3 is 4.55 Å². The molecule has 3 nitrogen and oxygen atoms in total. The van der Waals surface area contributed by atoms with Gasteiger partial charge in [-0.25, -0.2) is 8.42 Å². The Kier molecular flexibility index (Phi) is 4.81. The van der Waals surface area contributed by atoms with Crippen molar-refractivity contribution in [1.82, 2.24) is 0 Å². The fourth-order valence-electron chi connectivity index (χ4n) is 0.933. The predicted octanol–water partition coefficient (Wildman–Crippen LogP) is -1.73. The molecular formula is C9H10NaO3S. The molecule has 14 heavy (non-hydrogen) atoms. The van der Waals surface area contributed by atoms with E-state index in [-0.39, 0.29) is 29.6 Å². The molecular weight excluding hydrogens is 211 g/mol. The van der Waals surface area contributed by atoms with Crippen LogP contribution in [0.3, 0.4) is 0 Å². The molecule has 0 unspecified atom stereocenters. The Morgan fingerprint density at radius 3 is 2.07 bits per heavy atom. The largest absolute Gasteiger partial charge is 1.00 e. The SMILES string of the molecule is CC(C)(c1cc[c]cc1)S(=O)(=O)[O-].[Na+]. The van der Waals surface area contributed by atoms with E-state index in [4.69, 9.17) is 0 Å². The molecule has 1 radical (unpaired) electrons. The molecule has 0 aromatic heterocycles. The first-order valence-electron chi connectivity index (χ1n) is 3.78. The summed E-state index contributed by atoms with van der Waals surface area (Å²) in [5.41, 5.74) is 0.487. The topological polar surface area (TPSA) is 57.2 Å². The monoisotopic (exact) mass is 221 g/mol. The smallest absolute Gasteiger partial charge is 0.747 e. The van der Waals surface area contributed by atoms with Crippen LogP contribution in [0.2, 0.25) is 0 Å². The predicted molar refractivity (Wildman–Crippen MR) is 48.0 cm³/mol. The van der Waals surface area contributed by atoms with Crippen LogP contribution in [0, 0.1) is 6.07 Å². The molecule has 0 aliphatic carbocycles. The summed E-state index contributed by atoms with van der Waals surface area (Å²) in [5, 5.41) is 0. The average molecular weight is 221 g/mol. The molecule has 0 N–H and O–H groups in total. The van der Waals surface area contributed by atoms with Crippen LogP contribution < -0.4 is 29.6 Å². The molecule has 0 atom stereocenters. The maximum absolute atomic E-state index is 10.9. The normalized spacial score (nSPS) is 11.9. The molecule has 0 saturated heterocycles. The fourth-order valence-corrected chi connectivity index (χ4v) is 1.36. The van der Waals surface area contributed by atoms with Gasteiger partial charge in [-0.2, -0.15) is 0 Å². The number of rotatable bonds is 2. The van der Waals surface area contributed by atoms with Gasteiger partial charge in [0.15, 0.2) is 0 Å². The third-order valence-corrected chi connectivity index (χ3v) is 3.52. The van der Waals surface area contributed by atoms with Crippen molar-refractivity contribution >= 4 is 10.1 Å². The second kappa shape index (κ2) is 4.77. The molecule has 0 fully saturated rings. The molecule has 0 aliphatic rings. The first-order valence-corrected chi connectivity index (χ1v) is 5.18. The van der Waals surface area contributed by atoms with Gasteiger partial charge in [-0.15, -0.1) is 0 Å². The first-order chi connectivity index (χ1) is 5.86. The quantitative estimate of drug-likeness (QED) is 0.440. The fraction of sp³-hybridized carbons (Fsp3) is 0.333. The molecule has 0 bridgehead atoms. The number of hydrogen-bond donors (Lipinski definition) is 0. The van der Waals surface area contributed by atoms with Gasteiger partial charge in [-0.1, -0.05) is 24.3 Å². The Labute approximate surface area is 107 Å². The summed E-state index contributed by atoms with van der Waals surface area (Å²) in [5.74, 6) is 0. The van der Waals surface area contributed by atoms with Gasteiger partial charge in [0.25, 0.3) is 0 Å². The zero-order valence-electron chi connectivity index (χ0n) is 8.44. The second-order valence-electron chi connectivity index (χ2n) is 3.25. The Hall–Kier alpha value is 0.130. The molecule has 0 amide bonds. The van der Waals surface area contributed by atoms with Crippen LogP contribution in [-0.4, -0.2) is 13.0 Å². The van der Waals surface area contributed by atoms with Crippen LogP contribution in [0.5, 0.6) is 0 Å². The van der Waals surface area contributed by atoms with E-state index in [0.717, 1.165) is 0 Å². The minimum absolute atomic E-state index is 0. The van der Waals surface area contributed by atoms with Gasteiger partial charge in [0.2, 0.25) is 0 Å². The van der Waals surface area contributed by atoms with Gasteiger partial charge >= 0.3 is 29.6 Å². The molecule has 0 saturated carbocycles. The van der Waals surface area contributed by atoms with Crippen LogP contribution >= 0.6 is 0 Å². The zero-order chi connectivity index (χ0) is 10.1. The van der Waals surface area contributed by atoms with Crippen molar-refractivity contribution in [2.24, 2.45) is 0 Å².